The molecule has 2 aromatic carbocycles. The Bertz CT molecular complexity index is 1530. The number of halogens is 2. The van der Waals surface area contributed by atoms with E-state index >= 15 is 0 Å². The van der Waals surface area contributed by atoms with Gasteiger partial charge in [-0.05, 0) is 50.1 Å². The molecule has 3 N–H and O–H groups in total. The number of nitrogens with two attached hydrogens (primary N) is 1. The lowest BCUT2D eigenvalue weighted by molar-refractivity contribution is 0.102. The Balaban J connectivity index is 1.59. The van der Waals surface area contributed by atoms with Crippen LogP contribution in [0, 0.1) is 18.6 Å². The molecule has 186 valence electrons. The fourth-order valence-corrected chi connectivity index (χ4v) is 4.75. The molecule has 1 fully saturated rings. The van der Waals surface area contributed by atoms with Gasteiger partial charge in [0.1, 0.15) is 22.6 Å². The fraction of sp³-hybridized carbons (Fsp3) is 0.280. The molecule has 1 amide bonds. The van der Waals surface area contributed by atoms with E-state index in [0.717, 1.165) is 54.7 Å². The Morgan fingerprint density at radius 1 is 1.17 bits per heavy atom. The van der Waals surface area contributed by atoms with E-state index in [4.69, 9.17) is 10.7 Å². The Labute approximate surface area is 205 Å². The molecule has 1 saturated heterocycles. The summed E-state index contributed by atoms with van der Waals surface area (Å²) in [6, 6.07) is 8.11. The van der Waals surface area contributed by atoms with Crippen LogP contribution in [0.15, 0.2) is 47.4 Å². The number of hydrogen-bond acceptors (Lipinski definition) is 6. The number of aromatic nitrogens is 4. The highest BCUT2D eigenvalue weighted by Gasteiger charge is 2.29. The molecule has 1 atom stereocenters. The highest BCUT2D eigenvalue weighted by Crippen LogP contribution is 2.38. The minimum atomic E-state index is -0.970. The monoisotopic (exact) mass is 493 g/mol. The van der Waals surface area contributed by atoms with Crippen LogP contribution in [0.3, 0.4) is 0 Å². The Morgan fingerprint density at radius 2 is 1.92 bits per heavy atom. The van der Waals surface area contributed by atoms with Crippen molar-refractivity contribution >= 4 is 28.3 Å². The van der Waals surface area contributed by atoms with Crippen LogP contribution in [-0.2, 0) is 7.05 Å². The summed E-state index contributed by atoms with van der Waals surface area (Å²) in [6.45, 7) is 3.08. The van der Waals surface area contributed by atoms with Crippen molar-refractivity contribution in [2.75, 3.05) is 23.3 Å². The number of imidazole rings is 1. The molecule has 0 bridgehead atoms. The average Bonchev–Trinajstić information content (AvgIpc) is 3.43. The molecule has 0 unspecified atom stereocenters. The predicted molar refractivity (Wildman–Crippen MR) is 133 cm³/mol. The molecule has 1 aliphatic rings. The third-order valence-corrected chi connectivity index (χ3v) is 6.68. The number of amides is 1. The number of carbonyl (C=O) groups is 1. The number of benzene rings is 2. The Hall–Kier alpha value is -4.12. The number of anilines is 2. The van der Waals surface area contributed by atoms with E-state index in [1.165, 1.54) is 12.1 Å². The minimum Gasteiger partial charge on any atom is -0.364 e. The van der Waals surface area contributed by atoms with Gasteiger partial charge in [-0.1, -0.05) is 6.07 Å². The first-order chi connectivity index (χ1) is 17.3. The van der Waals surface area contributed by atoms with Crippen molar-refractivity contribution in [3.63, 3.8) is 0 Å². The standard InChI is InChI=1S/C25H25F2N7O2/c1-14-30-21-20(32(14)2)9-8-19(23(21)33-12-4-5-15(33)13-28)31-24(35)16-10-11-29-34(25(16)36)22-17(26)6-3-7-18(22)27/h3,6-11,15H,4-5,12-13,28H2,1-2H3,(H,31,35)/t15-/m0/s1. The molecule has 3 heterocycles. The molecule has 9 nitrogen and oxygen atoms in total. The second-order valence-electron chi connectivity index (χ2n) is 8.76. The van der Waals surface area contributed by atoms with Gasteiger partial charge in [-0.25, -0.2) is 13.8 Å². The summed E-state index contributed by atoms with van der Waals surface area (Å²) in [7, 11) is 1.92. The number of hydrogen-bond donors (Lipinski definition) is 2. The molecule has 0 saturated carbocycles. The van der Waals surface area contributed by atoms with Gasteiger partial charge < -0.3 is 20.5 Å². The summed E-state index contributed by atoms with van der Waals surface area (Å²) in [5, 5.41) is 6.60. The first-order valence-corrected chi connectivity index (χ1v) is 11.6. The van der Waals surface area contributed by atoms with Crippen LogP contribution in [-0.4, -0.2) is 44.4 Å². The fourth-order valence-electron chi connectivity index (χ4n) is 4.75. The van der Waals surface area contributed by atoms with Gasteiger partial charge >= 0.3 is 0 Å². The second kappa shape index (κ2) is 9.15. The maximum Gasteiger partial charge on any atom is 0.284 e. The molecular formula is C25H25F2N7O2. The molecule has 2 aromatic heterocycles. The Morgan fingerprint density at radius 3 is 2.64 bits per heavy atom. The first kappa shape index (κ1) is 23.6. The van der Waals surface area contributed by atoms with Crippen molar-refractivity contribution < 1.29 is 13.6 Å². The topological polar surface area (TPSA) is 111 Å². The zero-order valence-electron chi connectivity index (χ0n) is 19.8. The molecule has 11 heteroatoms. The van der Waals surface area contributed by atoms with E-state index in [-0.39, 0.29) is 11.6 Å². The zero-order chi connectivity index (χ0) is 25.6. The van der Waals surface area contributed by atoms with Crippen molar-refractivity contribution in [2.45, 2.75) is 25.8 Å². The van der Waals surface area contributed by atoms with Crippen LogP contribution < -0.4 is 21.5 Å². The maximum absolute atomic E-state index is 14.3. The molecule has 0 spiro atoms. The van der Waals surface area contributed by atoms with E-state index in [2.05, 4.69) is 15.3 Å². The normalized spacial score (nSPS) is 15.6. The predicted octanol–water partition coefficient (Wildman–Crippen LogP) is 2.89. The van der Waals surface area contributed by atoms with Gasteiger partial charge in [0.25, 0.3) is 11.5 Å². The van der Waals surface area contributed by atoms with E-state index in [0.29, 0.717) is 22.4 Å². The van der Waals surface area contributed by atoms with Crippen molar-refractivity contribution in [3.05, 3.63) is 76.0 Å². The SMILES string of the molecule is Cc1nc2c(N3CCC[C@H]3CN)c(NC(=O)c3ccnn(-c4c(F)cccc4F)c3=O)ccc2n1C. The third-order valence-electron chi connectivity index (χ3n) is 6.68. The Kier molecular flexibility index (Phi) is 6.00. The van der Waals surface area contributed by atoms with Crippen molar-refractivity contribution in [1.29, 1.82) is 0 Å². The van der Waals surface area contributed by atoms with Gasteiger partial charge in [0.05, 0.1) is 16.9 Å². The number of fused-ring (bicyclic) bond motifs is 1. The summed E-state index contributed by atoms with van der Waals surface area (Å²) in [4.78, 5) is 33.2. The number of rotatable bonds is 5. The number of para-hydroxylation sites is 1. The first-order valence-electron chi connectivity index (χ1n) is 11.6. The van der Waals surface area contributed by atoms with Gasteiger partial charge in [0.15, 0.2) is 11.6 Å². The van der Waals surface area contributed by atoms with Gasteiger partial charge in [0.2, 0.25) is 0 Å². The van der Waals surface area contributed by atoms with Crippen LogP contribution in [0.4, 0.5) is 20.2 Å². The molecule has 0 aliphatic carbocycles. The summed E-state index contributed by atoms with van der Waals surface area (Å²) >= 11 is 0. The molecular weight excluding hydrogens is 468 g/mol. The maximum atomic E-state index is 14.3. The summed E-state index contributed by atoms with van der Waals surface area (Å²) < 4.78 is 31.1. The second-order valence-corrected chi connectivity index (χ2v) is 8.76. The third kappa shape index (κ3) is 3.81. The van der Waals surface area contributed by atoms with E-state index < -0.39 is 28.8 Å². The van der Waals surface area contributed by atoms with Crippen molar-refractivity contribution in [2.24, 2.45) is 12.8 Å². The molecule has 36 heavy (non-hydrogen) atoms. The lowest BCUT2D eigenvalue weighted by atomic mass is 10.1. The zero-order valence-corrected chi connectivity index (χ0v) is 19.8. The highest BCUT2D eigenvalue weighted by molar-refractivity contribution is 6.09. The van der Waals surface area contributed by atoms with Crippen LogP contribution in [0.25, 0.3) is 16.7 Å². The van der Waals surface area contributed by atoms with Crippen LogP contribution in [0.1, 0.15) is 29.0 Å². The lowest BCUT2D eigenvalue weighted by Crippen LogP contribution is -2.36. The number of aryl methyl sites for hydroxylation is 2. The van der Waals surface area contributed by atoms with E-state index in [1.807, 2.05) is 24.6 Å². The van der Waals surface area contributed by atoms with Gasteiger partial charge in [0, 0.05) is 32.4 Å². The number of nitrogens with one attached hydrogen (secondary N) is 1. The van der Waals surface area contributed by atoms with Crippen LogP contribution in [0.2, 0.25) is 0 Å². The largest absolute Gasteiger partial charge is 0.364 e. The van der Waals surface area contributed by atoms with Gasteiger partial charge in [-0.3, -0.25) is 9.59 Å². The summed E-state index contributed by atoms with van der Waals surface area (Å²) in [6.07, 6.45) is 3.01. The minimum absolute atomic E-state index is 0.0794. The number of carbonyl (C=O) groups excluding carboxylic acids is 1. The highest BCUT2D eigenvalue weighted by atomic mass is 19.1. The molecule has 0 radical (unpaired) electrons. The van der Waals surface area contributed by atoms with Gasteiger partial charge in [-0.2, -0.15) is 9.78 Å². The summed E-state index contributed by atoms with van der Waals surface area (Å²) in [5.74, 6) is -1.86. The van der Waals surface area contributed by atoms with Crippen LogP contribution >= 0.6 is 0 Å². The van der Waals surface area contributed by atoms with E-state index in [1.54, 1.807) is 6.07 Å². The molecule has 1 aliphatic heterocycles. The smallest absolute Gasteiger partial charge is 0.284 e. The summed E-state index contributed by atoms with van der Waals surface area (Å²) in [5.41, 5.74) is 6.93. The van der Waals surface area contributed by atoms with Crippen LogP contribution in [0.5, 0.6) is 0 Å². The lowest BCUT2D eigenvalue weighted by Gasteiger charge is -2.28. The average molecular weight is 494 g/mol. The quantitative estimate of drug-likeness (QED) is 0.442. The van der Waals surface area contributed by atoms with Crippen molar-refractivity contribution in [1.82, 2.24) is 19.3 Å². The van der Waals surface area contributed by atoms with Crippen molar-refractivity contribution in [3.8, 4) is 5.69 Å². The molecule has 5 rings (SSSR count). The molecule has 4 aromatic rings. The van der Waals surface area contributed by atoms with Gasteiger partial charge in [-0.15, -0.1) is 0 Å². The van der Waals surface area contributed by atoms with E-state index in [9.17, 15) is 18.4 Å². The number of nitrogens with zero attached hydrogens (tertiary/aromatic N) is 5.